The lowest BCUT2D eigenvalue weighted by atomic mass is 10.1. The summed E-state index contributed by atoms with van der Waals surface area (Å²) < 4.78 is 1.33. The predicted molar refractivity (Wildman–Crippen MR) is 88.8 cm³/mol. The van der Waals surface area contributed by atoms with Gasteiger partial charge in [-0.3, -0.25) is 4.79 Å². The fourth-order valence-corrected chi connectivity index (χ4v) is 2.66. The number of fused-ring (bicyclic) bond motifs is 1. The number of benzene rings is 2. The zero-order chi connectivity index (χ0) is 18.0. The third kappa shape index (κ3) is 3.23. The van der Waals surface area contributed by atoms with E-state index in [0.717, 1.165) is 0 Å². The number of Topliss-reactive ketones (excluding diaryl/α,β-unsaturated/α-hetero) is 1. The number of carbonyl (C=O) groups is 3. The molecule has 25 heavy (non-hydrogen) atoms. The molecule has 0 aliphatic heterocycles. The molecule has 0 fully saturated rings. The summed E-state index contributed by atoms with van der Waals surface area (Å²) in [7, 11) is 0. The van der Waals surface area contributed by atoms with E-state index in [0.29, 0.717) is 16.5 Å². The van der Waals surface area contributed by atoms with Crippen LogP contribution < -0.4 is 4.57 Å². The molecule has 0 amide bonds. The monoisotopic (exact) mass is 336 g/mol. The average Bonchev–Trinajstić information content (AvgIpc) is 2.61. The number of hydrogen-bond acceptors (Lipinski definition) is 3. The molecule has 0 aliphatic carbocycles. The molecule has 1 heterocycles. The number of pyridine rings is 1. The zero-order valence-electron chi connectivity index (χ0n) is 13.0. The van der Waals surface area contributed by atoms with E-state index in [1.54, 1.807) is 42.5 Å². The van der Waals surface area contributed by atoms with Gasteiger partial charge in [0.2, 0.25) is 17.8 Å². The summed E-state index contributed by atoms with van der Waals surface area (Å²) in [5.41, 5.74) is 0.775. The largest absolute Gasteiger partial charge is 0.478 e. The Hall–Kier alpha value is -3.54. The van der Waals surface area contributed by atoms with E-state index in [-0.39, 0.29) is 23.6 Å². The maximum Gasteiger partial charge on any atom is 0.401 e. The second-order valence-electron chi connectivity index (χ2n) is 5.48. The number of ketones is 1. The van der Waals surface area contributed by atoms with Gasteiger partial charge in [-0.25, -0.2) is 9.59 Å². The molecular formula is C19H14NO5+. The highest BCUT2D eigenvalue weighted by Gasteiger charge is 2.25. The molecule has 6 nitrogen and oxygen atoms in total. The molecule has 124 valence electrons. The Bertz CT molecular complexity index is 990. The summed E-state index contributed by atoms with van der Waals surface area (Å²) in [6.45, 7) is -0.202. The van der Waals surface area contributed by atoms with Crippen molar-refractivity contribution in [3.8, 4) is 0 Å². The maximum atomic E-state index is 12.5. The molecule has 0 aliphatic rings. The van der Waals surface area contributed by atoms with Gasteiger partial charge < -0.3 is 10.2 Å². The lowest BCUT2D eigenvalue weighted by Crippen LogP contribution is -2.44. The standard InChI is InChI=1S/C19H13NO5/c21-17(13-4-2-1-3-5-13)11-20-15(19(24)25)9-8-12-6-7-14(18(22)23)10-16(12)20/h1-10H,11H2,(H-,22,23,24,25)/p+1. The van der Waals surface area contributed by atoms with Crippen LogP contribution in [0.25, 0.3) is 10.9 Å². The molecule has 0 spiro atoms. The second kappa shape index (κ2) is 6.52. The van der Waals surface area contributed by atoms with E-state index in [2.05, 4.69) is 0 Å². The number of carbonyl (C=O) groups excluding carboxylic acids is 1. The summed E-state index contributed by atoms with van der Waals surface area (Å²) in [4.78, 5) is 35.3. The summed E-state index contributed by atoms with van der Waals surface area (Å²) in [6.07, 6.45) is 0. The Balaban J connectivity index is 2.17. The Morgan fingerprint density at radius 1 is 0.800 bits per heavy atom. The van der Waals surface area contributed by atoms with Crippen LogP contribution in [0.3, 0.4) is 0 Å². The molecule has 3 aromatic rings. The van der Waals surface area contributed by atoms with E-state index in [1.165, 1.54) is 22.8 Å². The van der Waals surface area contributed by atoms with Crippen LogP contribution in [0, 0.1) is 0 Å². The predicted octanol–water partition coefficient (Wildman–Crippen LogP) is 2.41. The minimum Gasteiger partial charge on any atom is -0.478 e. The Morgan fingerprint density at radius 2 is 1.48 bits per heavy atom. The van der Waals surface area contributed by atoms with E-state index in [4.69, 9.17) is 0 Å². The van der Waals surface area contributed by atoms with Gasteiger partial charge in [-0.05, 0) is 18.2 Å². The third-order valence-electron chi connectivity index (χ3n) is 3.90. The molecule has 6 heteroatoms. The third-order valence-corrected chi connectivity index (χ3v) is 3.90. The number of aromatic carboxylic acids is 2. The van der Waals surface area contributed by atoms with Gasteiger partial charge in [0.15, 0.2) is 0 Å². The smallest absolute Gasteiger partial charge is 0.401 e. The van der Waals surface area contributed by atoms with Gasteiger partial charge >= 0.3 is 11.9 Å². The van der Waals surface area contributed by atoms with Crippen molar-refractivity contribution in [3.05, 3.63) is 77.5 Å². The van der Waals surface area contributed by atoms with Gasteiger partial charge in [0.05, 0.1) is 5.56 Å². The quantitative estimate of drug-likeness (QED) is 0.551. The molecule has 0 bridgehead atoms. The number of hydrogen-bond donors (Lipinski definition) is 2. The first-order chi connectivity index (χ1) is 12.0. The molecule has 1 aromatic heterocycles. The summed E-state index contributed by atoms with van der Waals surface area (Å²) in [5, 5.41) is 19.3. The van der Waals surface area contributed by atoms with Crippen LogP contribution in [-0.4, -0.2) is 27.9 Å². The van der Waals surface area contributed by atoms with E-state index < -0.39 is 11.9 Å². The number of carboxylic acid groups (broad SMARTS) is 2. The molecule has 0 unspecified atom stereocenters. The van der Waals surface area contributed by atoms with Gasteiger partial charge in [-0.1, -0.05) is 30.3 Å². The first-order valence-electron chi connectivity index (χ1n) is 7.49. The Labute approximate surface area is 142 Å². The zero-order valence-corrected chi connectivity index (χ0v) is 13.0. The van der Waals surface area contributed by atoms with Crippen LogP contribution in [0.4, 0.5) is 0 Å². The summed E-state index contributed by atoms with van der Waals surface area (Å²) in [6, 6.07) is 15.9. The minimum absolute atomic E-state index is 0.0240. The van der Waals surface area contributed by atoms with E-state index in [9.17, 15) is 24.6 Å². The van der Waals surface area contributed by atoms with Crippen molar-refractivity contribution in [2.75, 3.05) is 0 Å². The Morgan fingerprint density at radius 3 is 2.12 bits per heavy atom. The van der Waals surface area contributed by atoms with E-state index >= 15 is 0 Å². The molecule has 2 N–H and O–H groups in total. The van der Waals surface area contributed by atoms with Crippen LogP contribution in [0.1, 0.15) is 31.2 Å². The van der Waals surface area contributed by atoms with Crippen molar-refractivity contribution in [3.63, 3.8) is 0 Å². The van der Waals surface area contributed by atoms with Crippen LogP contribution in [0.2, 0.25) is 0 Å². The van der Waals surface area contributed by atoms with Gasteiger partial charge in [0, 0.05) is 23.1 Å². The lowest BCUT2D eigenvalue weighted by Gasteiger charge is -2.06. The summed E-state index contributed by atoms with van der Waals surface area (Å²) in [5.74, 6) is -2.58. The highest BCUT2D eigenvalue weighted by Crippen LogP contribution is 2.15. The minimum atomic E-state index is -1.19. The van der Waals surface area contributed by atoms with Crippen molar-refractivity contribution in [1.29, 1.82) is 0 Å². The van der Waals surface area contributed by atoms with Gasteiger partial charge in [0.25, 0.3) is 5.69 Å². The number of nitrogens with zero attached hydrogens (tertiary/aromatic N) is 1. The first kappa shape index (κ1) is 16.3. The SMILES string of the molecule is O=C(O)c1ccc2ccc(C(=O)O)[n+](CC(=O)c3ccccc3)c2c1. The topological polar surface area (TPSA) is 95.5 Å². The number of carboxylic acids is 2. The highest BCUT2D eigenvalue weighted by molar-refractivity contribution is 5.96. The van der Waals surface area contributed by atoms with Crippen molar-refractivity contribution < 1.29 is 29.2 Å². The van der Waals surface area contributed by atoms with Crippen molar-refractivity contribution >= 4 is 28.6 Å². The average molecular weight is 336 g/mol. The summed E-state index contributed by atoms with van der Waals surface area (Å²) >= 11 is 0. The second-order valence-corrected chi connectivity index (χ2v) is 5.48. The van der Waals surface area contributed by atoms with Crippen molar-refractivity contribution in [1.82, 2.24) is 0 Å². The van der Waals surface area contributed by atoms with Gasteiger partial charge in [-0.15, -0.1) is 0 Å². The van der Waals surface area contributed by atoms with Crippen LogP contribution >= 0.6 is 0 Å². The molecule has 0 radical (unpaired) electrons. The number of rotatable bonds is 5. The van der Waals surface area contributed by atoms with Crippen LogP contribution in [0.15, 0.2) is 60.7 Å². The van der Waals surface area contributed by atoms with Crippen molar-refractivity contribution in [2.24, 2.45) is 0 Å². The van der Waals surface area contributed by atoms with Crippen LogP contribution in [0.5, 0.6) is 0 Å². The van der Waals surface area contributed by atoms with Crippen molar-refractivity contribution in [2.45, 2.75) is 6.54 Å². The molecular weight excluding hydrogens is 322 g/mol. The molecule has 3 rings (SSSR count). The normalized spacial score (nSPS) is 10.6. The fourth-order valence-electron chi connectivity index (χ4n) is 2.66. The molecule has 2 aromatic carbocycles. The fraction of sp³-hybridized carbons (Fsp3) is 0.0526. The molecule has 0 atom stereocenters. The maximum absolute atomic E-state index is 12.5. The lowest BCUT2D eigenvalue weighted by molar-refractivity contribution is -0.659. The van der Waals surface area contributed by atoms with Crippen LogP contribution in [-0.2, 0) is 6.54 Å². The number of aromatic nitrogens is 1. The Kier molecular flexibility index (Phi) is 4.26. The van der Waals surface area contributed by atoms with Gasteiger partial charge in [-0.2, -0.15) is 4.57 Å². The molecule has 0 saturated carbocycles. The highest BCUT2D eigenvalue weighted by atomic mass is 16.4. The van der Waals surface area contributed by atoms with E-state index in [1.807, 2.05) is 0 Å². The van der Waals surface area contributed by atoms with Gasteiger partial charge in [0.1, 0.15) is 0 Å². The molecule has 0 saturated heterocycles. The first-order valence-corrected chi connectivity index (χ1v) is 7.49.